The van der Waals surface area contributed by atoms with Gasteiger partial charge in [-0.2, -0.15) is 0 Å². The van der Waals surface area contributed by atoms with Gasteiger partial charge in [0.25, 0.3) is 0 Å². The largest absolute Gasteiger partial charge is 0.436 e. The summed E-state index contributed by atoms with van der Waals surface area (Å²) in [6.07, 6.45) is 11.6. The summed E-state index contributed by atoms with van der Waals surface area (Å²) in [7, 11) is 3.52. The van der Waals surface area contributed by atoms with Crippen LogP contribution in [0.4, 0.5) is 4.79 Å². The Labute approximate surface area is 245 Å². The summed E-state index contributed by atoms with van der Waals surface area (Å²) in [5, 5.41) is 7.80. The van der Waals surface area contributed by atoms with E-state index in [-0.39, 0.29) is 28.8 Å². The number of carbonyl (C=O) groups excluding carboxylic acids is 3. The second kappa shape index (κ2) is 11.8. The van der Waals surface area contributed by atoms with Crippen molar-refractivity contribution in [3.8, 4) is 0 Å². The van der Waals surface area contributed by atoms with E-state index in [4.69, 9.17) is 10.6 Å². The summed E-state index contributed by atoms with van der Waals surface area (Å²) in [5.41, 5.74) is 8.48. The molecule has 1 saturated heterocycles. The Hall–Kier alpha value is -2.26. The van der Waals surface area contributed by atoms with Gasteiger partial charge in [0.05, 0.1) is 11.8 Å². The molecule has 0 aromatic rings. The van der Waals surface area contributed by atoms with Crippen molar-refractivity contribution in [1.82, 2.24) is 15.1 Å². The average molecular weight is 570 g/mol. The minimum absolute atomic E-state index is 0.0211. The molecule has 2 unspecified atom stereocenters. The van der Waals surface area contributed by atoms with Crippen molar-refractivity contribution in [2.45, 2.75) is 97.1 Å². The standard InChI is InChI=1S/C32H51N5O4/c1-20(35-41-30(40)37(17-16-33)19-22-7-11-28(34-22)29(39)36(4)5)25-9-10-26-24-8-6-21-18-23(38)12-14-31(21,2)27(24)13-15-32(25,26)3/h18,22,24-28,34H,6-17,19,33H2,1-5H3/b35-20+/t22?,24-,25+,26-,27-,28?,31-,32+/m0/s1. The third-order valence-electron chi connectivity index (χ3n) is 11.8. The van der Waals surface area contributed by atoms with Gasteiger partial charge < -0.3 is 20.9 Å². The highest BCUT2D eigenvalue weighted by Crippen LogP contribution is 2.66. The molecule has 1 heterocycles. The molecule has 2 amide bonds. The Morgan fingerprint density at radius 1 is 1.07 bits per heavy atom. The number of hydrogen-bond acceptors (Lipinski definition) is 7. The van der Waals surface area contributed by atoms with Crippen molar-refractivity contribution in [3.05, 3.63) is 11.6 Å². The maximum atomic E-state index is 13.1. The zero-order valence-electron chi connectivity index (χ0n) is 25.8. The van der Waals surface area contributed by atoms with Crippen LogP contribution >= 0.6 is 0 Å². The number of amides is 2. The summed E-state index contributed by atoms with van der Waals surface area (Å²) in [6, 6.07) is -0.195. The van der Waals surface area contributed by atoms with Crippen LogP contribution in [-0.2, 0) is 14.4 Å². The van der Waals surface area contributed by atoms with Gasteiger partial charge in [-0.15, -0.1) is 0 Å². The lowest BCUT2D eigenvalue weighted by molar-refractivity contribution is -0.130. The maximum Gasteiger partial charge on any atom is 0.436 e. The Kier molecular flexibility index (Phi) is 8.68. The molecule has 228 valence electrons. The van der Waals surface area contributed by atoms with E-state index in [9.17, 15) is 14.4 Å². The van der Waals surface area contributed by atoms with Crippen LogP contribution in [0, 0.1) is 34.5 Å². The minimum atomic E-state index is -0.478. The van der Waals surface area contributed by atoms with Crippen LogP contribution in [0.5, 0.6) is 0 Å². The smallest absolute Gasteiger partial charge is 0.347 e. The first kappa shape index (κ1) is 30.2. The average Bonchev–Trinajstić information content (AvgIpc) is 3.55. The van der Waals surface area contributed by atoms with Gasteiger partial charge in [0.1, 0.15) is 0 Å². The van der Waals surface area contributed by atoms with E-state index < -0.39 is 6.09 Å². The molecule has 0 spiro atoms. The first-order valence-corrected chi connectivity index (χ1v) is 15.9. The molecule has 0 bridgehead atoms. The number of allylic oxidation sites excluding steroid dienone is 1. The van der Waals surface area contributed by atoms with Crippen molar-refractivity contribution in [2.75, 3.05) is 33.7 Å². The normalized spacial score (nSPS) is 38.4. The highest BCUT2D eigenvalue weighted by atomic mass is 16.7. The SMILES string of the molecule is C/C(=N\OC(=O)N(CCN)CC1CCC(C(=O)N(C)C)N1)[C@H]1CC[C@H]2[C@@H]3CCC4=CC(=O)CC[C@]4(C)[C@H]3CC[C@]12C. The molecule has 5 aliphatic rings. The highest BCUT2D eigenvalue weighted by Gasteiger charge is 2.59. The molecule has 9 heteroatoms. The van der Waals surface area contributed by atoms with E-state index in [1.165, 1.54) is 24.8 Å². The second-order valence-electron chi connectivity index (χ2n) is 14.2. The lowest BCUT2D eigenvalue weighted by atomic mass is 9.46. The van der Waals surface area contributed by atoms with Gasteiger partial charge in [0, 0.05) is 52.1 Å². The number of carbonyl (C=O) groups is 3. The van der Waals surface area contributed by atoms with E-state index >= 15 is 0 Å². The highest BCUT2D eigenvalue weighted by molar-refractivity contribution is 5.91. The van der Waals surface area contributed by atoms with Crippen LogP contribution in [0.15, 0.2) is 16.8 Å². The van der Waals surface area contributed by atoms with Gasteiger partial charge in [-0.05, 0) is 99.4 Å². The topological polar surface area (TPSA) is 117 Å². The molecule has 41 heavy (non-hydrogen) atoms. The molecule has 0 radical (unpaired) electrons. The van der Waals surface area contributed by atoms with E-state index in [1.54, 1.807) is 23.9 Å². The van der Waals surface area contributed by atoms with Gasteiger partial charge >= 0.3 is 6.09 Å². The van der Waals surface area contributed by atoms with Crippen molar-refractivity contribution in [2.24, 2.45) is 45.4 Å². The monoisotopic (exact) mass is 569 g/mol. The first-order valence-electron chi connectivity index (χ1n) is 15.9. The Morgan fingerprint density at radius 3 is 2.59 bits per heavy atom. The number of rotatable bonds is 7. The van der Waals surface area contributed by atoms with Crippen LogP contribution < -0.4 is 11.1 Å². The molecular weight excluding hydrogens is 518 g/mol. The van der Waals surface area contributed by atoms with Crippen LogP contribution in [-0.4, -0.2) is 79.1 Å². The van der Waals surface area contributed by atoms with Crippen LogP contribution in [0.3, 0.4) is 0 Å². The number of oxime groups is 1. The fraction of sp³-hybridized carbons (Fsp3) is 0.812. The van der Waals surface area contributed by atoms with E-state index in [1.807, 2.05) is 13.0 Å². The van der Waals surface area contributed by atoms with Crippen molar-refractivity contribution >= 4 is 23.5 Å². The van der Waals surface area contributed by atoms with Crippen LogP contribution in [0.25, 0.3) is 0 Å². The molecule has 1 aliphatic heterocycles. The summed E-state index contributed by atoms with van der Waals surface area (Å²) in [6.45, 7) is 8.05. The minimum Gasteiger partial charge on any atom is -0.347 e. The van der Waals surface area contributed by atoms with Gasteiger partial charge in [-0.25, -0.2) is 4.79 Å². The fourth-order valence-corrected chi connectivity index (χ4v) is 9.63. The molecule has 3 saturated carbocycles. The number of ketones is 1. The molecular formula is C32H51N5O4. The first-order chi connectivity index (χ1) is 19.5. The number of hydrogen-bond donors (Lipinski definition) is 2. The number of likely N-dealkylation sites (N-methyl/N-ethyl adjacent to an activating group) is 1. The van der Waals surface area contributed by atoms with Gasteiger partial charge in [0.15, 0.2) is 5.78 Å². The quantitative estimate of drug-likeness (QED) is 0.271. The molecule has 8 atom stereocenters. The molecule has 0 aromatic carbocycles. The lowest BCUT2D eigenvalue weighted by Crippen LogP contribution is -2.51. The second-order valence-corrected chi connectivity index (χ2v) is 14.2. The number of nitrogens with two attached hydrogens (primary N) is 1. The summed E-state index contributed by atoms with van der Waals surface area (Å²) < 4.78 is 0. The number of nitrogens with zero attached hydrogens (tertiary/aromatic N) is 3. The Balaban J connectivity index is 1.21. The van der Waals surface area contributed by atoms with Crippen molar-refractivity contribution in [1.29, 1.82) is 0 Å². The zero-order valence-corrected chi connectivity index (χ0v) is 25.8. The molecule has 0 aromatic heterocycles. The predicted octanol–water partition coefficient (Wildman–Crippen LogP) is 4.12. The van der Waals surface area contributed by atoms with Gasteiger partial charge in [-0.3, -0.25) is 14.4 Å². The fourth-order valence-electron chi connectivity index (χ4n) is 9.63. The third-order valence-corrected chi connectivity index (χ3v) is 11.8. The summed E-state index contributed by atoms with van der Waals surface area (Å²) >= 11 is 0. The van der Waals surface area contributed by atoms with Crippen LogP contribution in [0.1, 0.15) is 85.0 Å². The van der Waals surface area contributed by atoms with Crippen LogP contribution in [0.2, 0.25) is 0 Å². The van der Waals surface area contributed by atoms with Gasteiger partial charge in [-0.1, -0.05) is 24.6 Å². The number of nitrogens with one attached hydrogen (secondary N) is 1. The Morgan fingerprint density at radius 2 is 1.85 bits per heavy atom. The number of fused-ring (bicyclic) bond motifs is 5. The Bertz CT molecular complexity index is 1100. The molecule has 4 fully saturated rings. The zero-order chi connectivity index (χ0) is 29.5. The molecule has 4 aliphatic carbocycles. The lowest BCUT2D eigenvalue weighted by Gasteiger charge is -2.58. The van der Waals surface area contributed by atoms with Gasteiger partial charge in [0.2, 0.25) is 5.91 Å². The maximum absolute atomic E-state index is 13.1. The van der Waals surface area contributed by atoms with Crippen molar-refractivity contribution in [3.63, 3.8) is 0 Å². The summed E-state index contributed by atoms with van der Waals surface area (Å²) in [4.78, 5) is 46.4. The van der Waals surface area contributed by atoms with Crippen molar-refractivity contribution < 1.29 is 19.2 Å². The van der Waals surface area contributed by atoms with E-state index in [0.29, 0.717) is 55.5 Å². The summed E-state index contributed by atoms with van der Waals surface area (Å²) in [5.74, 6) is 2.66. The molecule has 5 rings (SSSR count). The third kappa shape index (κ3) is 5.61. The molecule has 3 N–H and O–H groups in total. The van der Waals surface area contributed by atoms with E-state index in [2.05, 4.69) is 24.3 Å². The predicted molar refractivity (Wildman–Crippen MR) is 159 cm³/mol. The van der Waals surface area contributed by atoms with E-state index in [0.717, 1.165) is 44.2 Å². The molecule has 9 nitrogen and oxygen atoms in total.